The van der Waals surface area contributed by atoms with Crippen molar-refractivity contribution in [1.82, 2.24) is 15.5 Å². The Morgan fingerprint density at radius 1 is 1.28 bits per heavy atom. The minimum absolute atomic E-state index is 0.211. The van der Waals surface area contributed by atoms with Gasteiger partial charge in [-0.2, -0.15) is 0 Å². The van der Waals surface area contributed by atoms with Gasteiger partial charge >= 0.3 is 6.03 Å². The van der Waals surface area contributed by atoms with Gasteiger partial charge in [-0.05, 0) is 36.2 Å². The van der Waals surface area contributed by atoms with E-state index in [1.54, 1.807) is 19.0 Å². The van der Waals surface area contributed by atoms with Crippen molar-refractivity contribution in [3.63, 3.8) is 0 Å². The lowest BCUT2D eigenvalue weighted by atomic mass is 10.0. The predicted octanol–water partition coefficient (Wildman–Crippen LogP) is 2.04. The smallest absolute Gasteiger partial charge is 0.319 e. The third-order valence-electron chi connectivity index (χ3n) is 5.35. The Morgan fingerprint density at radius 3 is 2.75 bits per heavy atom. The highest BCUT2D eigenvalue weighted by atomic mass is 32.1. The number of halogens is 1. The number of anilines is 2. The Labute approximate surface area is 187 Å². The topological polar surface area (TPSA) is 111 Å². The first-order valence-corrected chi connectivity index (χ1v) is 10.8. The number of carbonyl (C=O) groups excluding carboxylic acids is 4. The lowest BCUT2D eigenvalue weighted by Crippen LogP contribution is -2.52. The third kappa shape index (κ3) is 4.28. The van der Waals surface area contributed by atoms with Crippen molar-refractivity contribution in [2.45, 2.75) is 32.0 Å². The van der Waals surface area contributed by atoms with E-state index in [0.29, 0.717) is 29.2 Å². The maximum Gasteiger partial charge on any atom is 0.319 e. The van der Waals surface area contributed by atoms with Gasteiger partial charge in [0.25, 0.3) is 5.91 Å². The van der Waals surface area contributed by atoms with Crippen LogP contribution in [0.5, 0.6) is 0 Å². The second kappa shape index (κ2) is 8.58. The molecule has 0 bridgehead atoms. The van der Waals surface area contributed by atoms with Crippen molar-refractivity contribution in [1.29, 1.82) is 0 Å². The van der Waals surface area contributed by atoms with Gasteiger partial charge in [0.15, 0.2) is 0 Å². The van der Waals surface area contributed by atoms with Crippen LogP contribution in [0.15, 0.2) is 24.3 Å². The molecule has 1 saturated heterocycles. The van der Waals surface area contributed by atoms with Gasteiger partial charge < -0.3 is 20.4 Å². The van der Waals surface area contributed by atoms with Gasteiger partial charge in [-0.15, -0.1) is 11.3 Å². The molecule has 9 nitrogen and oxygen atoms in total. The second-order valence-corrected chi connectivity index (χ2v) is 8.97. The van der Waals surface area contributed by atoms with E-state index in [-0.39, 0.29) is 30.6 Å². The summed E-state index contributed by atoms with van der Waals surface area (Å²) in [4.78, 5) is 52.9. The molecular formula is C21H22FN5O4S. The Bertz CT molecular complexity index is 1120. The molecule has 2 aromatic rings. The van der Waals surface area contributed by atoms with E-state index >= 15 is 0 Å². The molecule has 2 aliphatic heterocycles. The summed E-state index contributed by atoms with van der Waals surface area (Å²) in [6, 6.07) is 5.04. The lowest BCUT2D eigenvalue weighted by Gasteiger charge is -2.29. The number of nitrogens with zero attached hydrogens (tertiary/aromatic N) is 2. The van der Waals surface area contributed by atoms with Gasteiger partial charge in [-0.1, -0.05) is 0 Å². The van der Waals surface area contributed by atoms with E-state index in [1.807, 2.05) is 6.07 Å². The van der Waals surface area contributed by atoms with Gasteiger partial charge in [0.05, 0.1) is 17.1 Å². The summed E-state index contributed by atoms with van der Waals surface area (Å²) in [6.07, 6.45) is 0.529. The maximum absolute atomic E-state index is 13.8. The van der Waals surface area contributed by atoms with Crippen molar-refractivity contribution in [3.8, 4) is 0 Å². The minimum Gasteiger partial charge on any atom is -0.375 e. The van der Waals surface area contributed by atoms with Crippen LogP contribution in [0.4, 0.5) is 20.6 Å². The molecule has 1 unspecified atom stereocenters. The van der Waals surface area contributed by atoms with Crippen LogP contribution >= 0.6 is 11.3 Å². The molecule has 0 radical (unpaired) electrons. The molecule has 0 aliphatic carbocycles. The van der Waals surface area contributed by atoms with Crippen LogP contribution in [0.2, 0.25) is 0 Å². The zero-order valence-corrected chi connectivity index (χ0v) is 18.3. The number of hydrogen-bond acceptors (Lipinski definition) is 6. The summed E-state index contributed by atoms with van der Waals surface area (Å²) >= 11 is 1.27. The highest BCUT2D eigenvalue weighted by Gasteiger charge is 2.40. The fraction of sp³-hybridized carbons (Fsp3) is 0.333. The van der Waals surface area contributed by atoms with Crippen molar-refractivity contribution >= 4 is 46.5 Å². The van der Waals surface area contributed by atoms with Gasteiger partial charge in [-0.25, -0.2) is 9.18 Å². The molecule has 3 N–H and O–H groups in total. The number of amides is 5. The number of hydrogen-bond donors (Lipinski definition) is 3. The molecule has 3 heterocycles. The second-order valence-electron chi connectivity index (χ2n) is 7.84. The summed E-state index contributed by atoms with van der Waals surface area (Å²) < 4.78 is 13.8. The van der Waals surface area contributed by atoms with E-state index in [2.05, 4.69) is 16.0 Å². The van der Waals surface area contributed by atoms with Crippen LogP contribution in [-0.2, 0) is 22.7 Å². The minimum atomic E-state index is -0.644. The number of piperidine rings is 1. The lowest BCUT2D eigenvalue weighted by molar-refractivity contribution is -0.136. The quantitative estimate of drug-likeness (QED) is 0.593. The highest BCUT2D eigenvalue weighted by molar-refractivity contribution is 7.14. The Hall–Kier alpha value is -3.47. The number of rotatable bonds is 5. The molecule has 32 heavy (non-hydrogen) atoms. The molecular weight excluding hydrogens is 437 g/mol. The van der Waals surface area contributed by atoms with Gasteiger partial charge in [-0.3, -0.25) is 19.7 Å². The van der Waals surface area contributed by atoms with Crippen LogP contribution in [0, 0.1) is 5.82 Å². The normalized spacial score (nSPS) is 17.8. The van der Waals surface area contributed by atoms with E-state index in [9.17, 15) is 23.6 Å². The number of thiophene rings is 1. The molecule has 168 valence electrons. The van der Waals surface area contributed by atoms with Crippen molar-refractivity contribution in [3.05, 3.63) is 45.4 Å². The monoisotopic (exact) mass is 459 g/mol. The van der Waals surface area contributed by atoms with E-state index < -0.39 is 18.0 Å². The fourth-order valence-electron chi connectivity index (χ4n) is 3.76. The molecule has 1 aromatic heterocycles. The summed E-state index contributed by atoms with van der Waals surface area (Å²) in [6.45, 7) is 0.517. The van der Waals surface area contributed by atoms with Crippen molar-refractivity contribution < 1.29 is 23.6 Å². The highest BCUT2D eigenvalue weighted by Crippen LogP contribution is 2.33. The largest absolute Gasteiger partial charge is 0.375 e. The molecule has 2 aliphatic rings. The number of nitrogens with one attached hydrogen (secondary N) is 3. The van der Waals surface area contributed by atoms with E-state index in [0.717, 1.165) is 10.4 Å². The molecule has 11 heteroatoms. The van der Waals surface area contributed by atoms with Crippen LogP contribution in [0.1, 0.15) is 33.0 Å². The molecule has 0 spiro atoms. The van der Waals surface area contributed by atoms with Gasteiger partial charge in [0.1, 0.15) is 11.9 Å². The SMILES string of the molecule is CN(C)c1cc(NC(=O)NCc2cc3c(s2)C(=O)N(C2CCC(=O)NC2=O)C3)ccc1F. The van der Waals surface area contributed by atoms with E-state index in [1.165, 1.54) is 34.4 Å². The summed E-state index contributed by atoms with van der Waals surface area (Å²) in [5, 5.41) is 7.67. The Morgan fingerprint density at radius 2 is 2.06 bits per heavy atom. The van der Waals surface area contributed by atoms with Crippen molar-refractivity contribution in [2.75, 3.05) is 24.3 Å². The zero-order valence-electron chi connectivity index (χ0n) is 17.5. The van der Waals surface area contributed by atoms with Gasteiger partial charge in [0, 0.05) is 37.6 Å². The number of urea groups is 1. The zero-order chi connectivity index (χ0) is 23.0. The number of fused-ring (bicyclic) bond motifs is 1. The average Bonchev–Trinajstić information content (AvgIpc) is 3.27. The Balaban J connectivity index is 1.34. The average molecular weight is 460 g/mol. The summed E-state index contributed by atoms with van der Waals surface area (Å²) in [5.74, 6) is -1.39. The van der Waals surface area contributed by atoms with Crippen LogP contribution in [0.3, 0.4) is 0 Å². The number of benzene rings is 1. The summed E-state index contributed by atoms with van der Waals surface area (Å²) in [5.41, 5.74) is 1.61. The first kappa shape index (κ1) is 21.8. The van der Waals surface area contributed by atoms with Gasteiger partial charge in [0.2, 0.25) is 11.8 Å². The number of imide groups is 1. The van der Waals surface area contributed by atoms with Crippen molar-refractivity contribution in [2.24, 2.45) is 0 Å². The molecule has 1 fully saturated rings. The molecule has 1 aromatic carbocycles. The number of carbonyl (C=O) groups is 4. The first-order chi connectivity index (χ1) is 15.2. The fourth-order valence-corrected chi connectivity index (χ4v) is 4.83. The molecule has 1 atom stereocenters. The molecule has 0 saturated carbocycles. The Kier molecular flexibility index (Phi) is 5.83. The van der Waals surface area contributed by atoms with Crippen LogP contribution in [0.25, 0.3) is 0 Å². The molecule has 4 rings (SSSR count). The first-order valence-electron chi connectivity index (χ1n) is 10.0. The van der Waals surface area contributed by atoms with Crippen LogP contribution < -0.4 is 20.9 Å². The van der Waals surface area contributed by atoms with Crippen LogP contribution in [-0.4, -0.2) is 48.8 Å². The summed E-state index contributed by atoms with van der Waals surface area (Å²) in [7, 11) is 3.42. The predicted molar refractivity (Wildman–Crippen MR) is 117 cm³/mol. The third-order valence-corrected chi connectivity index (χ3v) is 6.52. The maximum atomic E-state index is 13.8. The van der Waals surface area contributed by atoms with E-state index in [4.69, 9.17) is 0 Å². The molecule has 5 amide bonds. The standard InChI is InChI=1S/C21H22FN5O4S/c1-26(2)16-8-12(3-4-14(16)22)24-21(31)23-9-13-7-11-10-27(20(30)18(11)32-13)15-5-6-17(28)25-19(15)29/h3-4,7-8,15H,5-6,9-10H2,1-2H3,(H2,23,24,31)(H,25,28,29).